The molecule has 0 radical (unpaired) electrons. The number of aryl methyl sites for hydroxylation is 6. The van der Waals surface area contributed by atoms with Gasteiger partial charge < -0.3 is 31.5 Å². The lowest BCUT2D eigenvalue weighted by molar-refractivity contribution is -0.0173. The number of hydrogen-bond donors (Lipinski definition) is 5. The fraction of sp³-hybridized carbons (Fsp3) is 0.324. The lowest BCUT2D eigenvalue weighted by Crippen LogP contribution is -2.53. The molecule has 28 heteroatoms. The first-order valence-electron chi connectivity index (χ1n) is 32.7. The van der Waals surface area contributed by atoms with E-state index < -0.39 is 55.1 Å². The summed E-state index contributed by atoms with van der Waals surface area (Å²) in [6.45, 7) is -0.158. The van der Waals surface area contributed by atoms with E-state index in [9.17, 15) is 27.8 Å². The highest BCUT2D eigenvalue weighted by Gasteiger charge is 2.41. The zero-order valence-electron chi connectivity index (χ0n) is 55.5. The fourth-order valence-electron chi connectivity index (χ4n) is 12.8. The quantitative estimate of drug-likeness (QED) is 0.0633. The van der Waals surface area contributed by atoms with Crippen molar-refractivity contribution in [1.29, 1.82) is 0 Å². The minimum absolute atomic E-state index is 0.287. The van der Waals surface area contributed by atoms with Gasteiger partial charge in [-0.3, -0.25) is 28.1 Å². The maximum Gasteiger partial charge on any atom is 0.266 e. The number of nitrogens with two attached hydrogens (primary N) is 1. The number of aliphatic hydroxyl groups is 2. The topological polar surface area (TPSA) is 278 Å². The Morgan fingerprint density at radius 3 is 1.12 bits per heavy atom. The molecule has 0 unspecified atom stereocenters. The first-order chi connectivity index (χ1) is 47.7. The van der Waals surface area contributed by atoms with Crippen LogP contribution >= 0.6 is 0 Å². The van der Waals surface area contributed by atoms with Crippen molar-refractivity contribution in [3.8, 4) is 101 Å². The van der Waals surface area contributed by atoms with E-state index in [1.54, 1.807) is 83.4 Å². The van der Waals surface area contributed by atoms with Gasteiger partial charge in [0, 0.05) is 184 Å². The smallest absolute Gasteiger partial charge is 0.266 e. The molecule has 0 bridgehead atoms. The predicted molar refractivity (Wildman–Crippen MR) is 370 cm³/mol. The number of benzene rings is 3. The Hall–Kier alpha value is -10.8. The van der Waals surface area contributed by atoms with Crippen LogP contribution < -0.4 is 21.3 Å². The molecule has 12 aromatic rings. The van der Waals surface area contributed by atoms with Crippen molar-refractivity contribution >= 4 is 17.5 Å². The summed E-state index contributed by atoms with van der Waals surface area (Å²) < 4.78 is 67.5. The van der Waals surface area contributed by atoms with Crippen molar-refractivity contribution in [2.24, 2.45) is 48.0 Å². The zero-order valence-corrected chi connectivity index (χ0v) is 55.5. The monoisotopic (exact) mass is 1340 g/mol. The lowest BCUT2D eigenvalue weighted by Gasteiger charge is -2.37. The number of aliphatic hydroxyl groups excluding tert-OH is 2. The Morgan fingerprint density at radius 1 is 0.434 bits per heavy atom. The van der Waals surface area contributed by atoms with Crippen molar-refractivity contribution in [2.45, 2.75) is 93.5 Å². The molecule has 510 valence electrons. The number of halogens is 4. The molecule has 2 saturated carbocycles. The van der Waals surface area contributed by atoms with Crippen LogP contribution in [0.15, 0.2) is 166 Å². The van der Waals surface area contributed by atoms with Gasteiger partial charge >= 0.3 is 0 Å². The summed E-state index contributed by atoms with van der Waals surface area (Å²) in [6.07, 6.45) is 25.7. The number of hydrogen-bond acceptors (Lipinski definition) is 18. The fourth-order valence-corrected chi connectivity index (χ4v) is 12.8. The summed E-state index contributed by atoms with van der Waals surface area (Å²) in [5.41, 5.74) is 19.0. The molecule has 3 aliphatic rings. The first kappa shape index (κ1) is 66.8. The molecular formula is C71H76F4N22O2. The van der Waals surface area contributed by atoms with Crippen molar-refractivity contribution in [3.63, 3.8) is 0 Å². The van der Waals surface area contributed by atoms with E-state index in [4.69, 9.17) is 20.7 Å². The van der Waals surface area contributed by atoms with Gasteiger partial charge in [0.15, 0.2) is 17.5 Å². The number of rotatable bonds is 14. The molecule has 7 atom stereocenters. The van der Waals surface area contributed by atoms with E-state index >= 15 is 0 Å². The minimum Gasteiger partial charge on any atom is -0.388 e. The number of aromatic nitrogens is 18. The third-order valence-electron chi connectivity index (χ3n) is 17.8. The van der Waals surface area contributed by atoms with Crippen LogP contribution in [-0.4, -0.2) is 160 Å². The highest BCUT2D eigenvalue weighted by atomic mass is 19.3. The van der Waals surface area contributed by atoms with Crippen LogP contribution in [0.3, 0.4) is 0 Å². The van der Waals surface area contributed by atoms with Crippen molar-refractivity contribution in [2.75, 3.05) is 28.6 Å². The van der Waals surface area contributed by atoms with Gasteiger partial charge in [0.1, 0.15) is 42.0 Å². The molecule has 10 heterocycles. The number of alkyl halides is 4. The Labute approximate surface area is 568 Å². The second-order valence-corrected chi connectivity index (χ2v) is 25.6. The Balaban J connectivity index is 0.000000133. The summed E-state index contributed by atoms with van der Waals surface area (Å²) in [4.78, 5) is 29.7. The highest BCUT2D eigenvalue weighted by molar-refractivity contribution is 5.80. The lowest BCUT2D eigenvalue weighted by atomic mass is 9.91. The zero-order chi connectivity index (χ0) is 69.1. The summed E-state index contributed by atoms with van der Waals surface area (Å²) in [6, 6.07) is 22.2. The minimum atomic E-state index is -2.89. The predicted octanol–water partition coefficient (Wildman–Crippen LogP) is 10.3. The molecule has 0 amide bonds. The average Bonchev–Trinajstić information content (AvgIpc) is 1.68. The summed E-state index contributed by atoms with van der Waals surface area (Å²) in [5.74, 6) is 0.169. The third kappa shape index (κ3) is 15.5. The molecule has 9 aromatic heterocycles. The van der Waals surface area contributed by atoms with Gasteiger partial charge in [-0.2, -0.15) is 30.6 Å². The first-order valence-corrected chi connectivity index (χ1v) is 32.7. The van der Waals surface area contributed by atoms with E-state index in [0.717, 1.165) is 77.9 Å². The van der Waals surface area contributed by atoms with Crippen LogP contribution in [0, 0.1) is 0 Å². The van der Waals surface area contributed by atoms with Crippen LogP contribution in [0.5, 0.6) is 0 Å². The summed E-state index contributed by atoms with van der Waals surface area (Å²) in [7, 11) is 11.1. The van der Waals surface area contributed by atoms with Crippen LogP contribution in [0.1, 0.15) is 44.9 Å². The van der Waals surface area contributed by atoms with E-state index in [-0.39, 0.29) is 13.0 Å². The van der Waals surface area contributed by atoms with Crippen molar-refractivity contribution in [3.05, 3.63) is 166 Å². The van der Waals surface area contributed by atoms with Crippen LogP contribution in [-0.2, 0) is 42.3 Å². The Morgan fingerprint density at radius 2 is 0.768 bits per heavy atom. The number of anilines is 3. The van der Waals surface area contributed by atoms with Gasteiger partial charge in [-0.05, 0) is 73.4 Å². The van der Waals surface area contributed by atoms with Crippen LogP contribution in [0.2, 0.25) is 0 Å². The molecule has 1 aliphatic heterocycles. The van der Waals surface area contributed by atoms with Crippen molar-refractivity contribution < 1.29 is 27.8 Å². The van der Waals surface area contributed by atoms with E-state index in [0.29, 0.717) is 79.0 Å². The van der Waals surface area contributed by atoms with E-state index in [1.165, 1.54) is 0 Å². The van der Waals surface area contributed by atoms with Gasteiger partial charge in [-0.15, -0.1) is 0 Å². The molecule has 1 saturated heterocycles. The average molecular weight is 1350 g/mol. The number of nitrogens with zero attached hydrogens (tertiary/aromatic N) is 19. The van der Waals surface area contributed by atoms with Gasteiger partial charge in [-0.25, -0.2) is 47.5 Å². The molecule has 6 N–H and O–H groups in total. The van der Waals surface area contributed by atoms with Gasteiger partial charge in [0.2, 0.25) is 0 Å². The second kappa shape index (κ2) is 28.7. The summed E-state index contributed by atoms with van der Waals surface area (Å²) >= 11 is 0. The maximum atomic E-state index is 14.4. The Kier molecular flexibility index (Phi) is 19.4. The van der Waals surface area contributed by atoms with Crippen molar-refractivity contribution in [1.82, 2.24) is 88.6 Å². The molecule has 24 nitrogen and oxygen atoms in total. The molecule has 2 aliphatic carbocycles. The largest absolute Gasteiger partial charge is 0.388 e. The van der Waals surface area contributed by atoms with Gasteiger partial charge in [0.25, 0.3) is 5.92 Å². The van der Waals surface area contributed by atoms with E-state index in [1.807, 2.05) is 158 Å². The third-order valence-corrected chi connectivity index (χ3v) is 17.8. The molecule has 99 heavy (non-hydrogen) atoms. The van der Waals surface area contributed by atoms with Gasteiger partial charge in [-0.1, -0.05) is 54.6 Å². The molecule has 15 rings (SSSR count). The molecular weight excluding hydrogens is 1270 g/mol. The highest BCUT2D eigenvalue weighted by Crippen LogP contribution is 2.39. The van der Waals surface area contributed by atoms with Crippen LogP contribution in [0.25, 0.3) is 101 Å². The summed E-state index contributed by atoms with van der Waals surface area (Å²) in [5, 5.41) is 52.9. The number of nitrogens with one attached hydrogen (secondary N) is 2. The Bertz CT molecular complexity index is 4570. The normalized spacial score (nSPS) is 19.8. The van der Waals surface area contributed by atoms with Gasteiger partial charge in [0.05, 0.1) is 55.8 Å². The molecule has 3 fully saturated rings. The SMILES string of the molecule is Cn1cc(-c2cccc(-c3ncc(-c4cnn(C)c4)c(N4C[C@@H](N)CC(F)(F)C4)n3)c2)cn1.Cn1cc(-c2cccc(-c3ncc(-c4cnn(C)c4)c(N[C@@H]4CCC[C@@H](F)[C@@H]4O)n3)c2)cn1.Cn1cc(-c2cccc(-c3ncc(-c4cnn(C)c4)c(N[C@H]4CCC[C@H](F)[C@H]4O)n3)c2)cn1. The molecule has 0 spiro atoms. The molecule has 3 aromatic carbocycles. The second-order valence-electron chi connectivity index (χ2n) is 25.6. The number of piperidine rings is 1. The van der Waals surface area contributed by atoms with Crippen LogP contribution in [0.4, 0.5) is 35.0 Å². The standard InChI is InChI=1S/2C24H26FN7O.C23H24F2N8/c2*1-31-13-17(10-27-31)15-5-3-6-16(9-15)23-26-12-19(18-11-28-32(2)14-18)24(30-23)29-21-8-4-7-20(25)22(21)33;1-31-11-17(8-28-31)15-4-3-5-16(6-15)21-27-10-20(18-9-29-32(2)12-18)22(30-21)33-13-19(26)7-23(24,25)14-33/h2*3,5-6,9-14,20-22,33H,4,7-8H2,1-2H3,(H,26,29,30);3-6,8-12,19H,7,13-14,26H2,1-2H3/t2*20-,21-,22+;19-/m100/s1. The maximum absolute atomic E-state index is 14.4. The van der Waals surface area contributed by atoms with E-state index in [2.05, 4.69) is 56.2 Å².